The van der Waals surface area contributed by atoms with Crippen LogP contribution in [0.25, 0.3) is 0 Å². The van der Waals surface area contributed by atoms with Crippen molar-refractivity contribution < 1.29 is 9.90 Å². The molecule has 5 nitrogen and oxygen atoms in total. The number of rotatable bonds is 6. The Morgan fingerprint density at radius 3 is 2.78 bits per heavy atom. The maximum Gasteiger partial charge on any atom is 0.255 e. The molecule has 1 aliphatic heterocycles. The molecule has 2 atom stereocenters. The van der Waals surface area contributed by atoms with Crippen LogP contribution in [0.1, 0.15) is 56.8 Å². The zero-order valence-corrected chi connectivity index (χ0v) is 14.5. The number of aromatic nitrogens is 1. The van der Waals surface area contributed by atoms with Gasteiger partial charge in [-0.3, -0.25) is 4.79 Å². The van der Waals surface area contributed by atoms with Crippen LogP contribution < -0.4 is 10.2 Å². The summed E-state index contributed by atoms with van der Waals surface area (Å²) in [5, 5.41) is 13.3. The van der Waals surface area contributed by atoms with Gasteiger partial charge in [0.05, 0.1) is 11.2 Å². The monoisotopic (exact) mass is 319 g/mol. The van der Waals surface area contributed by atoms with Gasteiger partial charge in [0.1, 0.15) is 5.82 Å². The summed E-state index contributed by atoms with van der Waals surface area (Å²) in [5.41, 5.74) is -0.313. The molecule has 1 amide bonds. The van der Waals surface area contributed by atoms with Crippen molar-refractivity contribution in [2.24, 2.45) is 5.92 Å². The minimum atomic E-state index is -0.905. The second-order valence-corrected chi connectivity index (χ2v) is 6.77. The van der Waals surface area contributed by atoms with E-state index in [0.717, 1.165) is 38.2 Å². The lowest BCUT2D eigenvalue weighted by atomic mass is 9.88. The number of carbonyl (C=O) groups excluding carboxylic acids is 1. The number of hydrogen-bond acceptors (Lipinski definition) is 4. The molecule has 1 aliphatic rings. The average molecular weight is 319 g/mol. The first kappa shape index (κ1) is 17.7. The topological polar surface area (TPSA) is 65.5 Å². The number of piperidine rings is 1. The molecule has 1 aromatic heterocycles. The van der Waals surface area contributed by atoms with E-state index in [9.17, 15) is 9.90 Å². The van der Waals surface area contributed by atoms with Gasteiger partial charge in [-0.15, -0.1) is 0 Å². The van der Waals surface area contributed by atoms with Gasteiger partial charge in [0.2, 0.25) is 0 Å². The molecule has 2 N–H and O–H groups in total. The molecule has 1 saturated heterocycles. The van der Waals surface area contributed by atoms with Crippen molar-refractivity contribution in [3.05, 3.63) is 23.9 Å². The highest BCUT2D eigenvalue weighted by atomic mass is 16.3. The van der Waals surface area contributed by atoms with Crippen LogP contribution in [0.2, 0.25) is 0 Å². The van der Waals surface area contributed by atoms with Crippen LogP contribution in [0.4, 0.5) is 5.82 Å². The molecule has 1 aromatic rings. The number of aliphatic hydroxyl groups is 1. The number of hydrogen-bond donors (Lipinski definition) is 2. The summed E-state index contributed by atoms with van der Waals surface area (Å²) in [6.07, 6.45) is 6.12. The Bertz CT molecular complexity index is 525. The first-order valence-electron chi connectivity index (χ1n) is 8.66. The third-order valence-electron chi connectivity index (χ3n) is 4.97. The Hall–Kier alpha value is -1.62. The number of pyridine rings is 1. The predicted molar refractivity (Wildman–Crippen MR) is 92.7 cm³/mol. The fourth-order valence-corrected chi connectivity index (χ4v) is 2.90. The van der Waals surface area contributed by atoms with Gasteiger partial charge < -0.3 is 15.3 Å². The van der Waals surface area contributed by atoms with Crippen molar-refractivity contribution in [1.82, 2.24) is 10.3 Å². The van der Waals surface area contributed by atoms with Gasteiger partial charge in [0, 0.05) is 25.8 Å². The van der Waals surface area contributed by atoms with E-state index in [4.69, 9.17) is 0 Å². The largest absolute Gasteiger partial charge is 0.388 e. The molecular weight excluding hydrogens is 290 g/mol. The number of nitrogens with one attached hydrogen (secondary N) is 1. The van der Waals surface area contributed by atoms with Gasteiger partial charge in [0.15, 0.2) is 0 Å². The van der Waals surface area contributed by atoms with Gasteiger partial charge in [0.25, 0.3) is 5.91 Å². The standard InChI is InChI=1S/C18H29N3O2/c1-4-14(2)18(3,23)13-20-17(22)15-9-8-10-19-16(15)21-11-6-5-7-12-21/h8-10,14,23H,4-7,11-13H2,1-3H3,(H,20,22). The molecule has 0 radical (unpaired) electrons. The molecule has 0 aliphatic carbocycles. The van der Waals surface area contributed by atoms with Crippen molar-refractivity contribution >= 4 is 11.7 Å². The van der Waals surface area contributed by atoms with Crippen molar-refractivity contribution in [3.8, 4) is 0 Å². The van der Waals surface area contributed by atoms with Crippen molar-refractivity contribution in [1.29, 1.82) is 0 Å². The molecule has 128 valence electrons. The van der Waals surface area contributed by atoms with E-state index in [2.05, 4.69) is 15.2 Å². The molecule has 2 heterocycles. The minimum absolute atomic E-state index is 0.123. The number of anilines is 1. The lowest BCUT2D eigenvalue weighted by molar-refractivity contribution is 0.00592. The average Bonchev–Trinajstić information content (AvgIpc) is 2.59. The summed E-state index contributed by atoms with van der Waals surface area (Å²) in [7, 11) is 0. The Morgan fingerprint density at radius 2 is 2.13 bits per heavy atom. The van der Waals surface area contributed by atoms with E-state index in [1.54, 1.807) is 19.2 Å². The first-order chi connectivity index (χ1) is 11.0. The second-order valence-electron chi connectivity index (χ2n) is 6.77. The van der Waals surface area contributed by atoms with Crippen molar-refractivity contribution in [2.45, 2.75) is 52.1 Å². The van der Waals surface area contributed by atoms with Crippen LogP contribution in [-0.2, 0) is 0 Å². The molecule has 2 rings (SSSR count). The van der Waals surface area contributed by atoms with Crippen LogP contribution >= 0.6 is 0 Å². The smallest absolute Gasteiger partial charge is 0.255 e. The fourth-order valence-electron chi connectivity index (χ4n) is 2.90. The summed E-state index contributed by atoms with van der Waals surface area (Å²) >= 11 is 0. The van der Waals surface area contributed by atoms with Crippen LogP contribution in [0.3, 0.4) is 0 Å². The summed E-state index contributed by atoms with van der Waals surface area (Å²) in [6.45, 7) is 7.95. The normalized spacial score (nSPS) is 19.0. The molecule has 5 heteroatoms. The van der Waals surface area contributed by atoms with Gasteiger partial charge in [-0.05, 0) is 44.2 Å². The van der Waals surface area contributed by atoms with Crippen LogP contribution in [0, 0.1) is 5.92 Å². The zero-order valence-electron chi connectivity index (χ0n) is 14.5. The molecule has 0 saturated carbocycles. The highest BCUT2D eigenvalue weighted by Crippen LogP contribution is 2.22. The number of amides is 1. The van der Waals surface area contributed by atoms with E-state index in [1.807, 2.05) is 19.9 Å². The summed E-state index contributed by atoms with van der Waals surface area (Å²) in [6, 6.07) is 3.60. The van der Waals surface area contributed by atoms with E-state index >= 15 is 0 Å². The summed E-state index contributed by atoms with van der Waals surface area (Å²) < 4.78 is 0. The van der Waals surface area contributed by atoms with Crippen LogP contribution in [-0.4, -0.2) is 41.2 Å². The number of nitrogens with zero attached hydrogens (tertiary/aromatic N) is 2. The van der Waals surface area contributed by atoms with E-state index < -0.39 is 5.60 Å². The van der Waals surface area contributed by atoms with Gasteiger partial charge in [-0.25, -0.2) is 4.98 Å². The molecule has 0 bridgehead atoms. The third kappa shape index (κ3) is 4.44. The molecule has 0 aromatic carbocycles. The Kier molecular flexibility index (Phi) is 5.99. The van der Waals surface area contributed by atoms with Gasteiger partial charge in [-0.1, -0.05) is 20.3 Å². The molecule has 0 spiro atoms. The number of carbonyl (C=O) groups is 1. The molecule has 2 unspecified atom stereocenters. The molecule has 23 heavy (non-hydrogen) atoms. The van der Waals surface area contributed by atoms with Crippen molar-refractivity contribution in [3.63, 3.8) is 0 Å². The Balaban J connectivity index is 2.07. The van der Waals surface area contributed by atoms with Gasteiger partial charge >= 0.3 is 0 Å². The Morgan fingerprint density at radius 1 is 1.43 bits per heavy atom. The Labute approximate surface area is 139 Å². The third-order valence-corrected chi connectivity index (χ3v) is 4.97. The van der Waals surface area contributed by atoms with Gasteiger partial charge in [-0.2, -0.15) is 0 Å². The van der Waals surface area contributed by atoms with Crippen LogP contribution in [0.15, 0.2) is 18.3 Å². The van der Waals surface area contributed by atoms with E-state index in [-0.39, 0.29) is 18.4 Å². The first-order valence-corrected chi connectivity index (χ1v) is 8.66. The zero-order chi connectivity index (χ0) is 16.9. The quantitative estimate of drug-likeness (QED) is 0.846. The highest BCUT2D eigenvalue weighted by Gasteiger charge is 2.28. The van der Waals surface area contributed by atoms with E-state index in [1.165, 1.54) is 6.42 Å². The predicted octanol–water partition coefficient (Wildman–Crippen LogP) is 2.60. The SMILES string of the molecule is CCC(C)C(C)(O)CNC(=O)c1cccnc1N1CCCCC1. The maximum absolute atomic E-state index is 12.6. The minimum Gasteiger partial charge on any atom is -0.388 e. The maximum atomic E-state index is 12.6. The molecular formula is C18H29N3O2. The molecule has 1 fully saturated rings. The summed E-state index contributed by atoms with van der Waals surface area (Å²) in [5.74, 6) is 0.716. The second kappa shape index (κ2) is 7.77. The fraction of sp³-hybridized carbons (Fsp3) is 0.667. The van der Waals surface area contributed by atoms with Crippen molar-refractivity contribution in [2.75, 3.05) is 24.5 Å². The van der Waals surface area contributed by atoms with Crippen LogP contribution in [0.5, 0.6) is 0 Å². The highest BCUT2D eigenvalue weighted by molar-refractivity contribution is 5.98. The lowest BCUT2D eigenvalue weighted by Crippen LogP contribution is -2.45. The summed E-state index contributed by atoms with van der Waals surface area (Å²) in [4.78, 5) is 19.2. The lowest BCUT2D eigenvalue weighted by Gasteiger charge is -2.31. The van der Waals surface area contributed by atoms with E-state index in [0.29, 0.717) is 5.56 Å².